The topological polar surface area (TPSA) is 56.1 Å². The van der Waals surface area contributed by atoms with Crippen molar-refractivity contribution in [2.75, 3.05) is 20.2 Å². The Hall–Kier alpha value is -1.95. The molecule has 0 atom stereocenters. The predicted molar refractivity (Wildman–Crippen MR) is 74.6 cm³/mol. The number of methoxy groups -OCH3 is 1. The molecule has 0 N–H and O–H groups in total. The van der Waals surface area contributed by atoms with Gasteiger partial charge in [-0.3, -0.25) is 9.58 Å². The molecule has 0 radical (unpaired) electrons. The summed E-state index contributed by atoms with van der Waals surface area (Å²) in [5.74, 6) is 0. The molecule has 6 nitrogen and oxygen atoms in total. The first kappa shape index (κ1) is 13.1. The minimum Gasteiger partial charge on any atom is -0.467 e. The lowest BCUT2D eigenvalue weighted by molar-refractivity contribution is 0.0891. The van der Waals surface area contributed by atoms with E-state index in [0.29, 0.717) is 12.1 Å². The second-order valence-electron chi connectivity index (χ2n) is 5.30. The zero-order valence-electron chi connectivity index (χ0n) is 12.1. The van der Waals surface area contributed by atoms with Crippen LogP contribution in [-0.4, -0.2) is 44.8 Å². The maximum absolute atomic E-state index is 4.96. The van der Waals surface area contributed by atoms with Crippen LogP contribution in [0.25, 0.3) is 0 Å². The van der Waals surface area contributed by atoms with E-state index in [9.17, 15) is 0 Å². The third-order valence-corrected chi connectivity index (χ3v) is 3.60. The number of aromatic nitrogens is 4. The summed E-state index contributed by atoms with van der Waals surface area (Å²) < 4.78 is 7.09. The molecule has 3 rings (SSSR count). The number of hydrogen-bond acceptors (Lipinski definition) is 5. The Bertz CT molecular complexity index is 586. The van der Waals surface area contributed by atoms with Crippen LogP contribution in [0, 0.1) is 13.8 Å². The van der Waals surface area contributed by atoms with E-state index in [2.05, 4.69) is 37.6 Å². The average Bonchev–Trinajstić information content (AvgIpc) is 2.73. The molecule has 2 aromatic heterocycles. The molecule has 6 heteroatoms. The average molecular weight is 273 g/mol. The molecule has 1 aliphatic heterocycles. The normalized spacial score (nSPS) is 16.1. The van der Waals surface area contributed by atoms with Crippen LogP contribution in [0.1, 0.15) is 23.0 Å². The lowest BCUT2D eigenvalue weighted by Crippen LogP contribution is -2.47. The van der Waals surface area contributed by atoms with Crippen LogP contribution in [0.15, 0.2) is 18.5 Å². The summed E-state index contributed by atoms with van der Waals surface area (Å²) in [6.07, 6.45) is 3.64. The minimum atomic E-state index is 0.415. The summed E-state index contributed by atoms with van der Waals surface area (Å²) in [6.45, 7) is 7.07. The van der Waals surface area contributed by atoms with Crippen LogP contribution in [-0.2, 0) is 6.54 Å². The molecule has 0 aromatic carbocycles. The van der Waals surface area contributed by atoms with Gasteiger partial charge in [0.05, 0.1) is 18.8 Å². The highest BCUT2D eigenvalue weighted by Gasteiger charge is 2.29. The monoisotopic (exact) mass is 273 g/mol. The lowest BCUT2D eigenvalue weighted by Gasteiger charge is -2.39. The van der Waals surface area contributed by atoms with Crippen LogP contribution < -0.4 is 4.74 Å². The summed E-state index contributed by atoms with van der Waals surface area (Å²) in [5, 5.41) is 4.55. The molecule has 0 saturated carbocycles. The highest BCUT2D eigenvalue weighted by atomic mass is 16.5. The number of ether oxygens (including phenoxy) is 1. The fraction of sp³-hybridized carbons (Fsp3) is 0.500. The summed E-state index contributed by atoms with van der Waals surface area (Å²) in [7, 11) is 1.57. The molecule has 106 valence electrons. The Morgan fingerprint density at radius 1 is 1.25 bits per heavy atom. The van der Waals surface area contributed by atoms with E-state index in [1.165, 1.54) is 5.69 Å². The predicted octanol–water partition coefficient (Wildman–Crippen LogP) is 1.36. The van der Waals surface area contributed by atoms with E-state index in [1.807, 2.05) is 19.3 Å². The van der Waals surface area contributed by atoms with Crippen LogP contribution in [0.5, 0.6) is 6.01 Å². The fourth-order valence-corrected chi connectivity index (χ4v) is 2.63. The molecule has 20 heavy (non-hydrogen) atoms. The van der Waals surface area contributed by atoms with Gasteiger partial charge in [0.25, 0.3) is 0 Å². The zero-order chi connectivity index (χ0) is 14.1. The molecule has 2 aromatic rings. The molecule has 3 heterocycles. The van der Waals surface area contributed by atoms with Crippen LogP contribution >= 0.6 is 0 Å². The van der Waals surface area contributed by atoms with Crippen molar-refractivity contribution < 1.29 is 4.74 Å². The molecule has 1 saturated heterocycles. The first-order chi connectivity index (χ1) is 9.65. The van der Waals surface area contributed by atoms with Crippen molar-refractivity contribution >= 4 is 0 Å². The molecular weight excluding hydrogens is 254 g/mol. The van der Waals surface area contributed by atoms with Crippen LogP contribution in [0.2, 0.25) is 0 Å². The fourth-order valence-electron chi connectivity index (χ4n) is 2.63. The van der Waals surface area contributed by atoms with Gasteiger partial charge in [-0.05, 0) is 19.9 Å². The van der Waals surface area contributed by atoms with Crippen molar-refractivity contribution in [2.45, 2.75) is 26.4 Å². The van der Waals surface area contributed by atoms with Crippen molar-refractivity contribution in [3.05, 3.63) is 35.4 Å². The second kappa shape index (κ2) is 5.20. The second-order valence-corrected chi connectivity index (χ2v) is 5.30. The van der Waals surface area contributed by atoms with Gasteiger partial charge >= 0.3 is 6.01 Å². The van der Waals surface area contributed by atoms with E-state index in [-0.39, 0.29) is 0 Å². The first-order valence-corrected chi connectivity index (χ1v) is 6.75. The Kier molecular flexibility index (Phi) is 3.40. The Morgan fingerprint density at radius 2 is 1.95 bits per heavy atom. The van der Waals surface area contributed by atoms with Gasteiger partial charge in [-0.1, -0.05) is 0 Å². The van der Waals surface area contributed by atoms with Gasteiger partial charge in [0.1, 0.15) is 0 Å². The Balaban J connectivity index is 1.56. The SMILES string of the molecule is COc1ncc(CN2CC(n3nc(C)cc3C)C2)cn1. The van der Waals surface area contributed by atoms with Crippen molar-refractivity contribution in [3.63, 3.8) is 0 Å². The van der Waals surface area contributed by atoms with Gasteiger partial charge in [-0.2, -0.15) is 5.10 Å². The molecule has 0 aliphatic carbocycles. The van der Waals surface area contributed by atoms with Crippen LogP contribution in [0.3, 0.4) is 0 Å². The highest BCUT2D eigenvalue weighted by molar-refractivity contribution is 5.11. The van der Waals surface area contributed by atoms with Crippen molar-refractivity contribution in [1.29, 1.82) is 0 Å². The third kappa shape index (κ3) is 2.51. The van der Waals surface area contributed by atoms with Gasteiger partial charge < -0.3 is 4.74 Å². The van der Waals surface area contributed by atoms with E-state index < -0.39 is 0 Å². The van der Waals surface area contributed by atoms with Gasteiger partial charge in [-0.15, -0.1) is 0 Å². The highest BCUT2D eigenvalue weighted by Crippen LogP contribution is 2.24. The van der Waals surface area contributed by atoms with Gasteiger partial charge in [0.2, 0.25) is 0 Å². The summed E-state index contributed by atoms with van der Waals surface area (Å²) in [6, 6.07) is 3.03. The Morgan fingerprint density at radius 3 is 2.50 bits per heavy atom. The number of hydrogen-bond donors (Lipinski definition) is 0. The first-order valence-electron chi connectivity index (χ1n) is 6.75. The molecule has 0 amide bonds. The maximum Gasteiger partial charge on any atom is 0.316 e. The van der Waals surface area contributed by atoms with Gasteiger partial charge in [-0.25, -0.2) is 9.97 Å². The van der Waals surface area contributed by atoms with Crippen molar-refractivity contribution in [3.8, 4) is 6.01 Å². The molecular formula is C14H19N5O. The summed E-state index contributed by atoms with van der Waals surface area (Å²) in [5.41, 5.74) is 3.43. The smallest absolute Gasteiger partial charge is 0.316 e. The van der Waals surface area contributed by atoms with E-state index in [4.69, 9.17) is 4.74 Å². The maximum atomic E-state index is 4.96. The zero-order valence-corrected chi connectivity index (χ0v) is 12.1. The third-order valence-electron chi connectivity index (χ3n) is 3.60. The van der Waals surface area contributed by atoms with Gasteiger partial charge in [0.15, 0.2) is 0 Å². The lowest BCUT2D eigenvalue weighted by atomic mass is 10.1. The number of likely N-dealkylation sites (tertiary alicyclic amines) is 1. The quantitative estimate of drug-likeness (QED) is 0.841. The van der Waals surface area contributed by atoms with E-state index in [0.717, 1.165) is 30.9 Å². The molecule has 0 unspecified atom stereocenters. The number of aryl methyl sites for hydroxylation is 2. The molecule has 0 bridgehead atoms. The van der Waals surface area contributed by atoms with Crippen molar-refractivity contribution in [1.82, 2.24) is 24.6 Å². The van der Waals surface area contributed by atoms with Crippen LogP contribution in [0.4, 0.5) is 0 Å². The largest absolute Gasteiger partial charge is 0.467 e. The van der Waals surface area contributed by atoms with E-state index in [1.54, 1.807) is 7.11 Å². The van der Waals surface area contributed by atoms with E-state index >= 15 is 0 Å². The number of nitrogens with zero attached hydrogens (tertiary/aromatic N) is 5. The molecule has 1 fully saturated rings. The van der Waals surface area contributed by atoms with Gasteiger partial charge in [0, 0.05) is 43.3 Å². The summed E-state index contributed by atoms with van der Waals surface area (Å²) >= 11 is 0. The molecule has 0 spiro atoms. The molecule has 1 aliphatic rings. The number of rotatable bonds is 4. The Labute approximate surface area is 118 Å². The van der Waals surface area contributed by atoms with Crippen molar-refractivity contribution in [2.24, 2.45) is 0 Å². The standard InChI is InChI=1S/C14H19N5O/c1-10-4-11(2)19(17-10)13-8-18(9-13)7-12-5-15-14(20-3)16-6-12/h4-6,13H,7-9H2,1-3H3. The summed E-state index contributed by atoms with van der Waals surface area (Å²) in [4.78, 5) is 10.6. The minimum absolute atomic E-state index is 0.415.